The molecular weight excluding hydrogens is 448 g/mol. The number of benzene rings is 1. The maximum atomic E-state index is 13.5. The number of nitrogens with one attached hydrogen (secondary N) is 2. The van der Waals surface area contributed by atoms with E-state index in [0.29, 0.717) is 37.6 Å². The molecule has 0 amide bonds. The number of ether oxygens (including phenoxy) is 1. The van der Waals surface area contributed by atoms with Crippen molar-refractivity contribution in [2.24, 2.45) is 4.99 Å². The minimum Gasteiger partial charge on any atom is -0.379 e. The second-order valence-electron chi connectivity index (χ2n) is 5.01. The van der Waals surface area contributed by atoms with Crippen molar-refractivity contribution in [3.05, 3.63) is 35.6 Å². The monoisotopic (exact) mass is 473 g/mol. The Hall–Kier alpha value is -0.940. The molecule has 0 radical (unpaired) electrons. The van der Waals surface area contributed by atoms with Gasteiger partial charge in [-0.3, -0.25) is 4.99 Å². The van der Waals surface area contributed by atoms with Gasteiger partial charge in [0.25, 0.3) is 0 Å². The molecule has 6 nitrogen and oxygen atoms in total. The van der Waals surface area contributed by atoms with Crippen LogP contribution in [0.3, 0.4) is 0 Å². The predicted molar refractivity (Wildman–Crippen MR) is 105 cm³/mol. The fourth-order valence-corrected chi connectivity index (χ4v) is 2.21. The average Bonchev–Trinajstić information content (AvgIpc) is 2.49. The van der Waals surface area contributed by atoms with Crippen molar-refractivity contribution in [2.45, 2.75) is 6.42 Å². The van der Waals surface area contributed by atoms with Gasteiger partial charge in [-0.15, -0.1) is 24.0 Å². The maximum absolute atomic E-state index is 13.5. The van der Waals surface area contributed by atoms with Crippen LogP contribution in [0.5, 0.6) is 0 Å². The minimum atomic E-state index is -2.99. The first kappa shape index (κ1) is 23.1. The Balaban J connectivity index is 0.00000529. The number of hydrogen-bond donors (Lipinski definition) is 2. The van der Waals surface area contributed by atoms with Gasteiger partial charge in [0, 0.05) is 26.4 Å². The van der Waals surface area contributed by atoms with Gasteiger partial charge < -0.3 is 15.4 Å². The Bertz CT molecular complexity index is 612. The standard InChI is InChI=1S/C15H24FN3O3S.HI/c1-17-15(19-9-10-22-11-12-23(2,20)21)18-8-7-13-5-3-4-6-14(13)16;/h3-6H,7-12H2,1-2H3,(H2,17,18,19);1H. The van der Waals surface area contributed by atoms with Crippen molar-refractivity contribution in [1.29, 1.82) is 0 Å². The highest BCUT2D eigenvalue weighted by Gasteiger charge is 2.03. The number of hydrogen-bond acceptors (Lipinski definition) is 4. The SMILES string of the molecule is CN=C(NCCOCCS(C)(=O)=O)NCCc1ccccc1F.I. The summed E-state index contributed by atoms with van der Waals surface area (Å²) >= 11 is 0. The molecule has 24 heavy (non-hydrogen) atoms. The van der Waals surface area contributed by atoms with Crippen LogP contribution in [0, 0.1) is 5.82 Å². The molecule has 2 N–H and O–H groups in total. The van der Waals surface area contributed by atoms with Gasteiger partial charge in [-0.1, -0.05) is 18.2 Å². The van der Waals surface area contributed by atoms with Crippen LogP contribution in [-0.4, -0.2) is 59.7 Å². The Labute approximate surface area is 160 Å². The molecule has 0 bridgehead atoms. The third-order valence-electron chi connectivity index (χ3n) is 3.01. The number of rotatable bonds is 9. The fraction of sp³-hybridized carbons (Fsp3) is 0.533. The number of guanidine groups is 1. The smallest absolute Gasteiger partial charge is 0.191 e. The van der Waals surface area contributed by atoms with E-state index in [-0.39, 0.29) is 42.2 Å². The molecule has 0 aliphatic rings. The number of nitrogens with zero attached hydrogens (tertiary/aromatic N) is 1. The Morgan fingerprint density at radius 2 is 1.88 bits per heavy atom. The Morgan fingerprint density at radius 3 is 2.50 bits per heavy atom. The lowest BCUT2D eigenvalue weighted by atomic mass is 10.1. The number of aliphatic imine (C=N–C) groups is 1. The molecule has 1 rings (SSSR count). The van der Waals surface area contributed by atoms with Crippen molar-refractivity contribution >= 4 is 39.8 Å². The predicted octanol–water partition coefficient (Wildman–Crippen LogP) is 1.21. The van der Waals surface area contributed by atoms with E-state index in [2.05, 4.69) is 15.6 Å². The van der Waals surface area contributed by atoms with Crippen LogP contribution in [0.1, 0.15) is 5.56 Å². The van der Waals surface area contributed by atoms with Crippen LogP contribution in [0.15, 0.2) is 29.3 Å². The summed E-state index contributed by atoms with van der Waals surface area (Å²) in [4.78, 5) is 4.05. The fourth-order valence-electron chi connectivity index (χ4n) is 1.79. The molecule has 9 heteroatoms. The van der Waals surface area contributed by atoms with Crippen LogP contribution in [0.25, 0.3) is 0 Å². The average molecular weight is 473 g/mol. The summed E-state index contributed by atoms with van der Waals surface area (Å²) in [6.45, 7) is 1.61. The van der Waals surface area contributed by atoms with Crippen LogP contribution >= 0.6 is 24.0 Å². The molecule has 0 aromatic heterocycles. The first-order valence-electron chi connectivity index (χ1n) is 7.36. The Morgan fingerprint density at radius 1 is 1.21 bits per heavy atom. The lowest BCUT2D eigenvalue weighted by molar-refractivity contribution is 0.154. The topological polar surface area (TPSA) is 79.8 Å². The van der Waals surface area contributed by atoms with Crippen molar-refractivity contribution in [3.8, 4) is 0 Å². The highest BCUT2D eigenvalue weighted by Crippen LogP contribution is 2.05. The highest BCUT2D eigenvalue weighted by atomic mass is 127. The summed E-state index contributed by atoms with van der Waals surface area (Å²) in [7, 11) is -1.34. The van der Waals surface area contributed by atoms with E-state index in [1.165, 1.54) is 12.3 Å². The molecule has 0 aliphatic heterocycles. The van der Waals surface area contributed by atoms with Crippen molar-refractivity contribution in [1.82, 2.24) is 10.6 Å². The van der Waals surface area contributed by atoms with E-state index in [9.17, 15) is 12.8 Å². The zero-order valence-electron chi connectivity index (χ0n) is 13.9. The molecule has 0 spiro atoms. The summed E-state index contributed by atoms with van der Waals surface area (Å²) in [5.74, 6) is 0.396. The summed E-state index contributed by atoms with van der Waals surface area (Å²) in [6.07, 6.45) is 1.73. The summed E-state index contributed by atoms with van der Waals surface area (Å²) in [5, 5.41) is 6.12. The molecule has 1 aromatic rings. The van der Waals surface area contributed by atoms with Crippen molar-refractivity contribution in [2.75, 3.05) is 45.4 Å². The van der Waals surface area contributed by atoms with Gasteiger partial charge in [-0.05, 0) is 18.1 Å². The molecule has 0 unspecified atom stereocenters. The molecule has 1 aromatic carbocycles. The molecule has 0 saturated carbocycles. The minimum absolute atomic E-state index is 0. The van der Waals surface area contributed by atoms with Gasteiger partial charge in [0.2, 0.25) is 0 Å². The number of sulfone groups is 1. The van der Waals surface area contributed by atoms with E-state index in [1.54, 1.807) is 25.2 Å². The molecule has 0 heterocycles. The third-order valence-corrected chi connectivity index (χ3v) is 3.91. The zero-order valence-corrected chi connectivity index (χ0v) is 17.1. The van der Waals surface area contributed by atoms with Gasteiger partial charge in [0.15, 0.2) is 5.96 Å². The summed E-state index contributed by atoms with van der Waals surface area (Å²) in [6, 6.07) is 6.66. The van der Waals surface area contributed by atoms with Gasteiger partial charge in [0.05, 0.1) is 19.0 Å². The van der Waals surface area contributed by atoms with Crippen molar-refractivity contribution < 1.29 is 17.5 Å². The third kappa shape index (κ3) is 10.8. The quantitative estimate of drug-likeness (QED) is 0.244. The molecule has 0 aliphatic carbocycles. The summed E-state index contributed by atoms with van der Waals surface area (Å²) in [5.41, 5.74) is 0.652. The van der Waals surface area contributed by atoms with Gasteiger partial charge in [-0.2, -0.15) is 0 Å². The van der Waals surface area contributed by atoms with Crippen molar-refractivity contribution in [3.63, 3.8) is 0 Å². The normalized spacial score (nSPS) is 11.7. The van der Waals surface area contributed by atoms with Crippen LogP contribution in [0.2, 0.25) is 0 Å². The highest BCUT2D eigenvalue weighted by molar-refractivity contribution is 14.0. The van der Waals surface area contributed by atoms with E-state index in [1.807, 2.05) is 0 Å². The van der Waals surface area contributed by atoms with Crippen LogP contribution in [0.4, 0.5) is 4.39 Å². The number of halogens is 2. The first-order valence-corrected chi connectivity index (χ1v) is 9.42. The lowest BCUT2D eigenvalue weighted by Crippen LogP contribution is -2.40. The van der Waals surface area contributed by atoms with Gasteiger partial charge in [0.1, 0.15) is 15.7 Å². The Kier molecular flexibility index (Phi) is 11.9. The van der Waals surface area contributed by atoms with Crippen LogP contribution in [-0.2, 0) is 21.0 Å². The van der Waals surface area contributed by atoms with Gasteiger partial charge in [-0.25, -0.2) is 12.8 Å². The largest absolute Gasteiger partial charge is 0.379 e. The van der Waals surface area contributed by atoms with E-state index < -0.39 is 9.84 Å². The van der Waals surface area contributed by atoms with E-state index >= 15 is 0 Å². The second kappa shape index (κ2) is 12.4. The molecule has 0 saturated heterocycles. The zero-order chi connectivity index (χ0) is 17.1. The maximum Gasteiger partial charge on any atom is 0.191 e. The first-order chi connectivity index (χ1) is 10.9. The molecular formula is C15H25FIN3O3S. The lowest BCUT2D eigenvalue weighted by Gasteiger charge is -2.12. The molecule has 0 fully saturated rings. The van der Waals surface area contributed by atoms with E-state index in [4.69, 9.17) is 4.74 Å². The molecule has 0 atom stereocenters. The van der Waals surface area contributed by atoms with E-state index in [0.717, 1.165) is 0 Å². The van der Waals surface area contributed by atoms with Crippen LogP contribution < -0.4 is 10.6 Å². The summed E-state index contributed by atoms with van der Waals surface area (Å²) < 4.78 is 40.5. The molecule has 138 valence electrons. The van der Waals surface area contributed by atoms with Gasteiger partial charge >= 0.3 is 0 Å². The second-order valence-corrected chi connectivity index (χ2v) is 7.27.